The van der Waals surface area contributed by atoms with Crippen LogP contribution in [-0.4, -0.2) is 11.2 Å². The fourth-order valence-electron chi connectivity index (χ4n) is 2.64. The maximum absolute atomic E-state index is 13.0. The molecule has 0 aliphatic rings. The molecule has 0 aliphatic carbocycles. The molecule has 0 aliphatic heterocycles. The summed E-state index contributed by atoms with van der Waals surface area (Å²) in [6.45, 7) is 4.08. The highest BCUT2D eigenvalue weighted by Crippen LogP contribution is 2.24. The average Bonchev–Trinajstić information content (AvgIpc) is 2.62. The summed E-state index contributed by atoms with van der Waals surface area (Å²) in [4.78, 5) is 13.0. The number of aromatic nitrogens is 1. The number of ether oxygens (including phenoxy) is 1. The molecule has 0 unspecified atom stereocenters. The number of rotatable bonds is 5. The number of nitrogens with zero attached hydrogens (tertiary/aromatic N) is 1. The van der Waals surface area contributed by atoms with Crippen molar-refractivity contribution in [1.29, 1.82) is 0 Å². The summed E-state index contributed by atoms with van der Waals surface area (Å²) in [5.41, 5.74) is 3.12. The van der Waals surface area contributed by atoms with E-state index < -0.39 is 0 Å². The van der Waals surface area contributed by atoms with Crippen LogP contribution in [0.1, 0.15) is 0 Å². The molecule has 0 saturated carbocycles. The van der Waals surface area contributed by atoms with Crippen molar-refractivity contribution in [2.45, 2.75) is 0 Å². The van der Waals surface area contributed by atoms with Gasteiger partial charge in [-0.1, -0.05) is 55.1 Å². The minimum absolute atomic E-state index is 0.0140. The van der Waals surface area contributed by atoms with Crippen molar-refractivity contribution in [3.05, 3.63) is 89.9 Å². The van der Waals surface area contributed by atoms with Crippen molar-refractivity contribution in [3.8, 4) is 28.0 Å². The monoisotopic (exact) mass is 317 g/mol. The molecule has 2 aromatic carbocycles. The van der Waals surface area contributed by atoms with E-state index in [-0.39, 0.29) is 5.43 Å². The van der Waals surface area contributed by atoms with Gasteiger partial charge in [-0.2, -0.15) is 0 Å². The lowest BCUT2D eigenvalue weighted by atomic mass is 10.0. The Labute approximate surface area is 141 Å². The number of benzene rings is 2. The van der Waals surface area contributed by atoms with E-state index >= 15 is 0 Å². The van der Waals surface area contributed by atoms with Gasteiger partial charge in [-0.15, -0.1) is 0 Å². The van der Waals surface area contributed by atoms with E-state index in [0.29, 0.717) is 17.7 Å². The zero-order valence-corrected chi connectivity index (χ0v) is 13.6. The molecule has 3 aromatic rings. The van der Waals surface area contributed by atoms with Crippen LogP contribution in [0.15, 0.2) is 84.4 Å². The molecule has 1 aromatic heterocycles. The second-order valence-electron chi connectivity index (χ2n) is 5.57. The van der Waals surface area contributed by atoms with Crippen LogP contribution in [0.4, 0.5) is 0 Å². The lowest BCUT2D eigenvalue weighted by Crippen LogP contribution is -2.11. The van der Waals surface area contributed by atoms with Crippen LogP contribution in [-0.2, 0) is 7.05 Å². The van der Waals surface area contributed by atoms with Crippen LogP contribution in [0.3, 0.4) is 0 Å². The molecule has 3 nitrogen and oxygen atoms in total. The van der Waals surface area contributed by atoms with Crippen LogP contribution in [0.2, 0.25) is 0 Å². The summed E-state index contributed by atoms with van der Waals surface area (Å²) in [5.74, 6) is 0.722. The molecule has 0 bridgehead atoms. The predicted molar refractivity (Wildman–Crippen MR) is 98.2 cm³/mol. The van der Waals surface area contributed by atoms with Crippen LogP contribution in [0.25, 0.3) is 22.3 Å². The fraction of sp³-hybridized carbons (Fsp3) is 0.0952. The third-order valence-electron chi connectivity index (χ3n) is 3.75. The predicted octanol–water partition coefficient (Wildman–Crippen LogP) is 4.28. The van der Waals surface area contributed by atoms with Gasteiger partial charge in [-0.25, -0.2) is 0 Å². The molecule has 0 N–H and O–H groups in total. The molecule has 3 heteroatoms. The number of pyridine rings is 1. The first-order valence-corrected chi connectivity index (χ1v) is 7.79. The maximum Gasteiger partial charge on any atom is 0.197 e. The first kappa shape index (κ1) is 15.8. The van der Waals surface area contributed by atoms with Crippen molar-refractivity contribution in [2.24, 2.45) is 7.05 Å². The van der Waals surface area contributed by atoms with E-state index in [4.69, 9.17) is 4.74 Å². The topological polar surface area (TPSA) is 31.2 Å². The highest BCUT2D eigenvalue weighted by atomic mass is 16.5. The molecule has 0 saturated heterocycles. The first-order valence-electron chi connectivity index (χ1n) is 7.79. The molecule has 0 atom stereocenters. The second-order valence-corrected chi connectivity index (χ2v) is 5.57. The van der Waals surface area contributed by atoms with Crippen molar-refractivity contribution in [1.82, 2.24) is 4.57 Å². The summed E-state index contributed by atoms with van der Waals surface area (Å²) >= 11 is 0. The summed E-state index contributed by atoms with van der Waals surface area (Å²) in [6, 6.07) is 17.3. The number of aryl methyl sites for hydroxylation is 1. The van der Waals surface area contributed by atoms with Gasteiger partial charge in [-0.3, -0.25) is 4.79 Å². The van der Waals surface area contributed by atoms with Gasteiger partial charge in [0, 0.05) is 30.6 Å². The fourth-order valence-corrected chi connectivity index (χ4v) is 2.64. The molecule has 3 rings (SSSR count). The molecular formula is C21H19NO2. The van der Waals surface area contributed by atoms with Gasteiger partial charge >= 0.3 is 0 Å². The minimum atomic E-state index is 0.0140. The molecular weight excluding hydrogens is 298 g/mol. The zero-order chi connectivity index (χ0) is 16.9. The van der Waals surface area contributed by atoms with Crippen LogP contribution in [0, 0.1) is 0 Å². The Morgan fingerprint density at radius 1 is 1.00 bits per heavy atom. The van der Waals surface area contributed by atoms with Crippen molar-refractivity contribution in [3.63, 3.8) is 0 Å². The molecule has 120 valence electrons. The van der Waals surface area contributed by atoms with Crippen molar-refractivity contribution < 1.29 is 4.74 Å². The van der Waals surface area contributed by atoms with Crippen LogP contribution in [0.5, 0.6) is 5.75 Å². The van der Waals surface area contributed by atoms with E-state index in [1.807, 2.05) is 78.6 Å². The summed E-state index contributed by atoms with van der Waals surface area (Å²) in [6.07, 6.45) is 5.41. The molecule has 0 amide bonds. The summed E-state index contributed by atoms with van der Waals surface area (Å²) in [5, 5.41) is 0. The minimum Gasteiger partial charge on any atom is -0.490 e. The summed E-state index contributed by atoms with van der Waals surface area (Å²) < 4.78 is 7.49. The standard InChI is InChI=1S/C21H19NO2/c1-3-12-24-18-11-7-10-17(13-18)20-15-22(2)14-19(21(20)23)16-8-5-4-6-9-16/h3-11,13-15H,1,12H2,2H3. The highest BCUT2D eigenvalue weighted by Gasteiger charge is 2.11. The largest absolute Gasteiger partial charge is 0.490 e. The van der Waals surface area contributed by atoms with Gasteiger partial charge in [0.1, 0.15) is 12.4 Å². The van der Waals surface area contributed by atoms with Gasteiger partial charge < -0.3 is 9.30 Å². The first-order chi connectivity index (χ1) is 11.7. The zero-order valence-electron chi connectivity index (χ0n) is 13.6. The van der Waals surface area contributed by atoms with Gasteiger partial charge in [-0.05, 0) is 23.3 Å². The average molecular weight is 317 g/mol. The Hall–Kier alpha value is -3.07. The number of hydrogen-bond donors (Lipinski definition) is 0. The Morgan fingerprint density at radius 3 is 2.38 bits per heavy atom. The molecule has 0 radical (unpaired) electrons. The van der Waals surface area contributed by atoms with Crippen LogP contribution < -0.4 is 10.2 Å². The van der Waals surface area contributed by atoms with Crippen molar-refractivity contribution in [2.75, 3.05) is 6.61 Å². The Morgan fingerprint density at radius 2 is 1.67 bits per heavy atom. The molecule has 24 heavy (non-hydrogen) atoms. The maximum atomic E-state index is 13.0. The smallest absolute Gasteiger partial charge is 0.197 e. The third kappa shape index (κ3) is 3.30. The van der Waals surface area contributed by atoms with E-state index in [9.17, 15) is 4.79 Å². The molecule has 0 spiro atoms. The quantitative estimate of drug-likeness (QED) is 0.658. The van der Waals surface area contributed by atoms with E-state index in [1.54, 1.807) is 6.08 Å². The third-order valence-corrected chi connectivity index (χ3v) is 3.75. The second kappa shape index (κ2) is 7.01. The van der Waals surface area contributed by atoms with E-state index in [2.05, 4.69) is 6.58 Å². The SMILES string of the molecule is C=CCOc1cccc(-c2cn(C)cc(-c3ccccc3)c2=O)c1. The highest BCUT2D eigenvalue weighted by molar-refractivity contribution is 5.72. The normalized spacial score (nSPS) is 10.4. The van der Waals surface area contributed by atoms with Gasteiger partial charge in [0.15, 0.2) is 5.43 Å². The van der Waals surface area contributed by atoms with Crippen LogP contribution >= 0.6 is 0 Å². The number of hydrogen-bond acceptors (Lipinski definition) is 2. The molecule has 1 heterocycles. The Kier molecular flexibility index (Phi) is 4.62. The van der Waals surface area contributed by atoms with E-state index in [1.165, 1.54) is 0 Å². The summed E-state index contributed by atoms with van der Waals surface area (Å²) in [7, 11) is 1.92. The molecule has 0 fully saturated rings. The van der Waals surface area contributed by atoms with Gasteiger partial charge in [0.2, 0.25) is 0 Å². The lowest BCUT2D eigenvalue weighted by Gasteiger charge is -2.10. The van der Waals surface area contributed by atoms with Gasteiger partial charge in [0.05, 0.1) is 0 Å². The Balaban J connectivity index is 2.11. The van der Waals surface area contributed by atoms with Gasteiger partial charge in [0.25, 0.3) is 0 Å². The van der Waals surface area contributed by atoms with E-state index in [0.717, 1.165) is 16.9 Å². The van der Waals surface area contributed by atoms with Crippen molar-refractivity contribution >= 4 is 0 Å². The lowest BCUT2D eigenvalue weighted by molar-refractivity contribution is 0.363. The Bertz CT molecular complexity index is 911.